The first kappa shape index (κ1) is 29.4. The van der Waals surface area contributed by atoms with Crippen molar-refractivity contribution in [2.24, 2.45) is 0 Å². The molecule has 0 bridgehead atoms. The van der Waals surface area contributed by atoms with E-state index in [1.165, 1.54) is 12.2 Å². The van der Waals surface area contributed by atoms with E-state index < -0.39 is 66.3 Å². The molecule has 3 rings (SSSR count). The largest absolute Gasteiger partial charge is 0.490 e. The van der Waals surface area contributed by atoms with E-state index in [0.29, 0.717) is 18.3 Å². The first-order valence-corrected chi connectivity index (χ1v) is 10.3. The second kappa shape index (κ2) is 9.88. The highest BCUT2D eigenvalue weighted by atomic mass is 19.4. The number of nitrogen functional groups attached to an aromatic ring is 1. The van der Waals surface area contributed by atoms with Crippen molar-refractivity contribution < 1.29 is 58.2 Å². The number of anilines is 1. The predicted octanol–water partition coefficient (Wildman–Crippen LogP) is 4.25. The van der Waals surface area contributed by atoms with Crippen LogP contribution < -0.4 is 11.1 Å². The Hall–Kier alpha value is -4.12. The fraction of sp³-hybridized carbons (Fsp3) is 0.333. The van der Waals surface area contributed by atoms with Gasteiger partial charge in [-0.3, -0.25) is 9.20 Å². The lowest BCUT2D eigenvalue weighted by Crippen LogP contribution is -2.55. The van der Waals surface area contributed by atoms with Gasteiger partial charge in [0.1, 0.15) is 0 Å². The molecule has 3 N–H and O–H groups in total. The Bertz CT molecular complexity index is 1410. The average molecular weight is 575 g/mol. The van der Waals surface area contributed by atoms with Gasteiger partial charge in [0.15, 0.2) is 23.8 Å². The molecule has 0 saturated carbocycles. The molecule has 212 valence electrons. The van der Waals surface area contributed by atoms with Gasteiger partial charge in [0.2, 0.25) is 5.60 Å². The Morgan fingerprint density at radius 2 is 1.72 bits per heavy atom. The Balaban J connectivity index is 2.30. The number of hydrogen-bond acceptors (Lipinski definition) is 6. The quantitative estimate of drug-likeness (QED) is 0.336. The van der Waals surface area contributed by atoms with Gasteiger partial charge in [-0.1, -0.05) is 12.1 Å². The molecular formula is C21H15F10N5O3. The molecule has 3 aromatic rings. The van der Waals surface area contributed by atoms with Crippen LogP contribution in [-0.4, -0.2) is 51.8 Å². The molecule has 0 fully saturated rings. The van der Waals surface area contributed by atoms with E-state index in [-0.39, 0.29) is 22.5 Å². The van der Waals surface area contributed by atoms with Crippen molar-refractivity contribution in [3.63, 3.8) is 0 Å². The fourth-order valence-corrected chi connectivity index (χ4v) is 3.50. The van der Waals surface area contributed by atoms with Crippen LogP contribution in [0.3, 0.4) is 0 Å². The van der Waals surface area contributed by atoms with Crippen LogP contribution in [0.25, 0.3) is 16.9 Å². The van der Waals surface area contributed by atoms with Crippen LogP contribution in [0.5, 0.6) is 0 Å². The van der Waals surface area contributed by atoms with E-state index in [4.69, 9.17) is 5.73 Å². The van der Waals surface area contributed by atoms with Crippen LogP contribution >= 0.6 is 0 Å². The van der Waals surface area contributed by atoms with Crippen LogP contribution in [0, 0.1) is 6.92 Å². The molecule has 1 amide bonds. The summed E-state index contributed by atoms with van der Waals surface area (Å²) in [6.07, 6.45) is -15.4. The number of hydrogen-bond donors (Lipinski definition) is 2. The summed E-state index contributed by atoms with van der Waals surface area (Å²) in [6, 6.07) is 2.15. The summed E-state index contributed by atoms with van der Waals surface area (Å²) >= 11 is 0. The van der Waals surface area contributed by atoms with E-state index in [1.807, 2.05) is 0 Å². The number of fused-ring (bicyclic) bond motifs is 1. The van der Waals surface area contributed by atoms with Gasteiger partial charge in [-0.2, -0.15) is 39.5 Å². The van der Waals surface area contributed by atoms with E-state index in [0.717, 1.165) is 16.7 Å². The van der Waals surface area contributed by atoms with Gasteiger partial charge < -0.3 is 15.8 Å². The first-order chi connectivity index (χ1) is 17.8. The number of amides is 1. The standard InChI is InChI=1S/C21H15F10N5O3/c1-9-2-3-10(18(21(29,30)31,8-34-14(37)5-22)39-17(38)20(26,27)28)4-11(9)12-6-33-16-15(32)35-13(7-36(12)16)19(23,24)25/h2-4,6-7H,5,8H2,1H3,(H2,32,35)(H,34,37). The number of ether oxygens (including phenoxy) is 1. The summed E-state index contributed by atoms with van der Waals surface area (Å²) in [4.78, 5) is 29.9. The molecule has 0 saturated heterocycles. The van der Waals surface area contributed by atoms with Gasteiger partial charge >= 0.3 is 24.5 Å². The van der Waals surface area contributed by atoms with Crippen molar-refractivity contribution in [1.29, 1.82) is 0 Å². The lowest BCUT2D eigenvalue weighted by molar-refractivity contribution is -0.288. The smallest absolute Gasteiger partial charge is 0.436 e. The summed E-state index contributed by atoms with van der Waals surface area (Å²) in [7, 11) is 0. The summed E-state index contributed by atoms with van der Waals surface area (Å²) in [5.41, 5.74) is -2.17. The highest BCUT2D eigenvalue weighted by Gasteiger charge is 2.62. The molecular weight excluding hydrogens is 560 g/mol. The molecule has 0 aliphatic rings. The Labute approximate surface area is 210 Å². The molecule has 1 unspecified atom stereocenters. The van der Waals surface area contributed by atoms with Crippen LogP contribution in [0.1, 0.15) is 16.8 Å². The topological polar surface area (TPSA) is 112 Å². The maximum Gasteiger partial charge on any atom is 0.490 e. The molecule has 2 aromatic heterocycles. The molecule has 0 radical (unpaired) electrons. The van der Waals surface area contributed by atoms with Crippen molar-refractivity contribution >= 4 is 23.3 Å². The normalized spacial score (nSPS) is 14.2. The third-order valence-electron chi connectivity index (χ3n) is 5.40. The second-order valence-electron chi connectivity index (χ2n) is 8.00. The minimum absolute atomic E-state index is 0.0931. The Morgan fingerprint density at radius 1 is 1.08 bits per heavy atom. The number of imidazole rings is 1. The molecule has 1 aromatic carbocycles. The molecule has 0 aliphatic heterocycles. The zero-order valence-corrected chi connectivity index (χ0v) is 19.2. The van der Waals surface area contributed by atoms with Crippen molar-refractivity contribution in [2.45, 2.75) is 31.1 Å². The van der Waals surface area contributed by atoms with Crippen LogP contribution in [0.2, 0.25) is 0 Å². The fourth-order valence-electron chi connectivity index (χ4n) is 3.50. The van der Waals surface area contributed by atoms with Crippen molar-refractivity contribution in [3.05, 3.63) is 47.4 Å². The monoisotopic (exact) mass is 575 g/mol. The number of nitrogens with one attached hydrogen (secondary N) is 1. The van der Waals surface area contributed by atoms with Crippen molar-refractivity contribution in [2.75, 3.05) is 19.0 Å². The molecule has 1 atom stereocenters. The maximum absolute atomic E-state index is 14.4. The van der Waals surface area contributed by atoms with Crippen molar-refractivity contribution in [1.82, 2.24) is 19.7 Å². The number of nitrogens with two attached hydrogens (primary N) is 1. The van der Waals surface area contributed by atoms with Gasteiger partial charge in [0.05, 0.1) is 18.4 Å². The summed E-state index contributed by atoms with van der Waals surface area (Å²) in [5.74, 6) is -5.63. The molecule has 0 spiro atoms. The van der Waals surface area contributed by atoms with Gasteiger partial charge in [-0.15, -0.1) is 0 Å². The number of benzene rings is 1. The SMILES string of the molecule is Cc1ccc(C(CNC(=O)CF)(OC(=O)C(F)(F)F)C(F)(F)F)cc1-c1cnc2c(N)nc(C(F)(F)F)cn12. The van der Waals surface area contributed by atoms with E-state index >= 15 is 0 Å². The summed E-state index contributed by atoms with van der Waals surface area (Å²) < 4.78 is 139. The number of aromatic nitrogens is 3. The number of rotatable bonds is 6. The zero-order valence-electron chi connectivity index (χ0n) is 19.2. The summed E-state index contributed by atoms with van der Waals surface area (Å²) in [5, 5.41) is 1.42. The number of halogens is 10. The third kappa shape index (κ3) is 5.68. The molecule has 39 heavy (non-hydrogen) atoms. The van der Waals surface area contributed by atoms with Gasteiger partial charge in [-0.05, 0) is 18.6 Å². The second-order valence-corrected chi connectivity index (χ2v) is 8.00. The van der Waals surface area contributed by atoms with E-state index in [1.54, 1.807) is 0 Å². The van der Waals surface area contributed by atoms with E-state index in [9.17, 15) is 53.5 Å². The number of nitrogens with zero attached hydrogens (tertiary/aromatic N) is 3. The lowest BCUT2D eigenvalue weighted by Gasteiger charge is -2.36. The average Bonchev–Trinajstić information content (AvgIpc) is 3.24. The first-order valence-electron chi connectivity index (χ1n) is 10.3. The summed E-state index contributed by atoms with van der Waals surface area (Å²) in [6.45, 7) is -2.42. The van der Waals surface area contributed by atoms with Gasteiger partial charge in [0, 0.05) is 17.3 Å². The number of esters is 1. The predicted molar refractivity (Wildman–Crippen MR) is 111 cm³/mol. The third-order valence-corrected chi connectivity index (χ3v) is 5.40. The Morgan fingerprint density at radius 3 is 2.26 bits per heavy atom. The van der Waals surface area contributed by atoms with Crippen LogP contribution in [0.15, 0.2) is 30.6 Å². The van der Waals surface area contributed by atoms with Crippen LogP contribution in [0.4, 0.5) is 49.7 Å². The van der Waals surface area contributed by atoms with Gasteiger partial charge in [-0.25, -0.2) is 19.2 Å². The maximum atomic E-state index is 14.4. The molecule has 2 heterocycles. The zero-order chi connectivity index (χ0) is 29.6. The number of carbonyl (C=O) groups is 2. The van der Waals surface area contributed by atoms with Crippen molar-refractivity contribution in [3.8, 4) is 11.3 Å². The minimum Gasteiger partial charge on any atom is -0.436 e. The number of alkyl halides is 10. The minimum atomic E-state index is -5.91. The molecule has 18 heteroatoms. The number of aryl methyl sites for hydroxylation is 1. The molecule has 0 aliphatic carbocycles. The van der Waals surface area contributed by atoms with Crippen LogP contribution in [-0.2, 0) is 26.1 Å². The van der Waals surface area contributed by atoms with Gasteiger partial charge in [0.25, 0.3) is 5.91 Å². The number of carbonyl (C=O) groups excluding carboxylic acids is 2. The molecule has 8 nitrogen and oxygen atoms in total. The highest BCUT2D eigenvalue weighted by molar-refractivity contribution is 5.78. The highest BCUT2D eigenvalue weighted by Crippen LogP contribution is 2.45. The van der Waals surface area contributed by atoms with E-state index in [2.05, 4.69) is 14.7 Å². The lowest BCUT2D eigenvalue weighted by atomic mass is 9.89. The Kier molecular flexibility index (Phi) is 7.46.